The molecule has 3 N–H and O–H groups in total. The second-order valence-corrected chi connectivity index (χ2v) is 7.30. The van der Waals surface area contributed by atoms with Gasteiger partial charge in [-0.05, 0) is 0 Å². The van der Waals surface area contributed by atoms with Crippen LogP contribution in [0, 0.1) is 10.1 Å². The summed E-state index contributed by atoms with van der Waals surface area (Å²) in [5.74, 6) is 0. The monoisotopic (exact) mass is 323 g/mol. The fourth-order valence-electron chi connectivity index (χ4n) is 1.86. The molecule has 1 aromatic rings. The van der Waals surface area contributed by atoms with Crippen LogP contribution in [0.15, 0.2) is 10.3 Å². The van der Waals surface area contributed by atoms with E-state index in [-0.39, 0.29) is 35.6 Å². The van der Waals surface area contributed by atoms with Crippen LogP contribution in [0.25, 0.3) is 0 Å². The van der Waals surface area contributed by atoms with Crippen molar-refractivity contribution in [3.05, 3.63) is 16.2 Å². The van der Waals surface area contributed by atoms with Crippen molar-refractivity contribution < 1.29 is 23.2 Å². The van der Waals surface area contributed by atoms with Crippen molar-refractivity contribution in [3.63, 3.8) is 0 Å². The number of ether oxygens (including phenoxy) is 1. The molecule has 1 fully saturated rings. The van der Waals surface area contributed by atoms with Crippen molar-refractivity contribution in [2.24, 2.45) is 0 Å². The van der Waals surface area contributed by atoms with E-state index in [4.69, 9.17) is 10.5 Å². The minimum absolute atomic E-state index is 0.0820. The average molecular weight is 323 g/mol. The molecule has 1 aliphatic heterocycles. The Balaban J connectivity index is 2.39. The van der Waals surface area contributed by atoms with Crippen molar-refractivity contribution in [1.82, 2.24) is 4.31 Å². The second-order valence-electron chi connectivity index (χ2n) is 4.10. The number of nitrogens with zero attached hydrogens (tertiary/aromatic N) is 2. The van der Waals surface area contributed by atoms with E-state index in [1.54, 1.807) is 0 Å². The molecule has 0 radical (unpaired) electrons. The predicted molar refractivity (Wildman–Crippen MR) is 71.0 cm³/mol. The van der Waals surface area contributed by atoms with Gasteiger partial charge in [0, 0.05) is 12.6 Å². The van der Waals surface area contributed by atoms with Crippen LogP contribution in [-0.4, -0.2) is 55.2 Å². The molecule has 11 heteroatoms. The Labute approximate surface area is 118 Å². The highest BCUT2D eigenvalue weighted by atomic mass is 32.2. The Morgan fingerprint density at radius 3 is 2.90 bits per heavy atom. The number of aliphatic hydroxyl groups excluding tert-OH is 1. The summed E-state index contributed by atoms with van der Waals surface area (Å²) < 4.78 is 30.9. The van der Waals surface area contributed by atoms with Crippen LogP contribution in [0.1, 0.15) is 0 Å². The van der Waals surface area contributed by atoms with Crippen LogP contribution in [0.3, 0.4) is 0 Å². The molecule has 0 saturated carbocycles. The Bertz CT molecular complexity index is 613. The maximum absolute atomic E-state index is 12.4. The highest BCUT2D eigenvalue weighted by Crippen LogP contribution is 2.36. The number of nitrogens with two attached hydrogens (primary N) is 1. The van der Waals surface area contributed by atoms with Crippen LogP contribution >= 0.6 is 11.3 Å². The first-order chi connectivity index (χ1) is 9.37. The van der Waals surface area contributed by atoms with Gasteiger partial charge in [-0.2, -0.15) is 4.31 Å². The van der Waals surface area contributed by atoms with E-state index in [0.717, 1.165) is 10.4 Å². The summed E-state index contributed by atoms with van der Waals surface area (Å²) in [7, 11) is -3.93. The third-order valence-electron chi connectivity index (χ3n) is 2.86. The molecule has 2 rings (SSSR count). The van der Waals surface area contributed by atoms with Crippen LogP contribution in [0.2, 0.25) is 0 Å². The topological polar surface area (TPSA) is 136 Å². The molecule has 1 saturated heterocycles. The molecular formula is C9H13N3O6S2. The summed E-state index contributed by atoms with van der Waals surface area (Å²) >= 11 is 0.640. The summed E-state index contributed by atoms with van der Waals surface area (Å²) in [6.07, 6.45) is 0. The van der Waals surface area contributed by atoms with Crippen molar-refractivity contribution in [3.8, 4) is 0 Å². The highest BCUT2D eigenvalue weighted by Gasteiger charge is 2.36. The summed E-state index contributed by atoms with van der Waals surface area (Å²) in [5, 5.41) is 19.8. The van der Waals surface area contributed by atoms with E-state index >= 15 is 0 Å². The Kier molecular flexibility index (Phi) is 4.25. The van der Waals surface area contributed by atoms with Gasteiger partial charge in [-0.25, -0.2) is 8.42 Å². The SMILES string of the molecule is Nc1sc(S(=O)(=O)N2CCOCC2CO)cc1[N+](=O)[O-]. The van der Waals surface area contributed by atoms with Gasteiger partial charge in [0.2, 0.25) is 0 Å². The summed E-state index contributed by atoms with van der Waals surface area (Å²) in [4.78, 5) is 9.99. The predicted octanol–water partition coefficient (Wildman–Crippen LogP) is -0.380. The molecule has 1 aromatic heterocycles. The molecule has 0 spiro atoms. The minimum atomic E-state index is -3.93. The maximum atomic E-state index is 12.4. The van der Waals surface area contributed by atoms with Crippen LogP contribution in [0.4, 0.5) is 10.7 Å². The van der Waals surface area contributed by atoms with Gasteiger partial charge in [0.15, 0.2) is 5.00 Å². The number of aliphatic hydroxyl groups is 1. The van der Waals surface area contributed by atoms with Gasteiger partial charge in [0.05, 0.1) is 30.8 Å². The van der Waals surface area contributed by atoms with E-state index in [9.17, 15) is 23.6 Å². The second kappa shape index (κ2) is 5.61. The van der Waals surface area contributed by atoms with Crippen LogP contribution in [0.5, 0.6) is 0 Å². The standard InChI is InChI=1S/C9H13N3O6S2/c10-9-7(12(14)15)3-8(19-9)20(16,17)11-1-2-18-5-6(11)4-13/h3,6,13H,1-2,4-5,10H2. The molecule has 0 aromatic carbocycles. The third-order valence-corrected chi connectivity index (χ3v) is 6.22. The van der Waals surface area contributed by atoms with E-state index < -0.39 is 26.7 Å². The molecule has 9 nitrogen and oxygen atoms in total. The van der Waals surface area contributed by atoms with Gasteiger partial charge in [0.25, 0.3) is 10.0 Å². The molecule has 0 amide bonds. The first-order valence-corrected chi connectivity index (χ1v) is 7.87. The molecule has 1 atom stereocenters. The Hall–Kier alpha value is -1.27. The first kappa shape index (κ1) is 15.1. The molecule has 112 valence electrons. The maximum Gasteiger partial charge on any atom is 0.304 e. The largest absolute Gasteiger partial charge is 0.395 e. The summed E-state index contributed by atoms with van der Waals surface area (Å²) in [5.41, 5.74) is 5.03. The number of nitro groups is 1. The van der Waals surface area contributed by atoms with E-state index in [2.05, 4.69) is 0 Å². The summed E-state index contributed by atoms with van der Waals surface area (Å²) in [6, 6.07) is 0.246. The molecule has 0 aliphatic carbocycles. The summed E-state index contributed by atoms with van der Waals surface area (Å²) in [6.45, 7) is -0.0152. The Morgan fingerprint density at radius 2 is 2.35 bits per heavy atom. The van der Waals surface area contributed by atoms with Crippen molar-refractivity contribution in [1.29, 1.82) is 0 Å². The number of rotatable bonds is 4. The zero-order valence-corrected chi connectivity index (χ0v) is 11.9. The fourth-order valence-corrected chi connectivity index (χ4v) is 4.79. The number of hydrogen-bond acceptors (Lipinski definition) is 8. The van der Waals surface area contributed by atoms with Gasteiger partial charge in [-0.15, -0.1) is 0 Å². The number of thiophene rings is 1. The quantitative estimate of drug-likeness (QED) is 0.569. The zero-order valence-electron chi connectivity index (χ0n) is 10.3. The van der Waals surface area contributed by atoms with E-state index in [1.165, 1.54) is 0 Å². The molecule has 1 unspecified atom stereocenters. The van der Waals surface area contributed by atoms with Crippen molar-refractivity contribution in [2.45, 2.75) is 10.3 Å². The van der Waals surface area contributed by atoms with Gasteiger partial charge in [-0.1, -0.05) is 11.3 Å². The average Bonchev–Trinajstić information content (AvgIpc) is 2.81. The van der Waals surface area contributed by atoms with E-state index in [1.807, 2.05) is 0 Å². The lowest BCUT2D eigenvalue weighted by Crippen LogP contribution is -2.50. The molecule has 2 heterocycles. The normalized spacial score (nSPS) is 20.9. The van der Waals surface area contributed by atoms with Crippen molar-refractivity contribution >= 4 is 32.0 Å². The lowest BCUT2D eigenvalue weighted by atomic mass is 10.3. The molecular weight excluding hydrogens is 310 g/mol. The number of anilines is 1. The van der Waals surface area contributed by atoms with Gasteiger partial charge in [0.1, 0.15) is 4.21 Å². The van der Waals surface area contributed by atoms with Gasteiger partial charge < -0.3 is 15.6 Å². The number of hydrogen-bond donors (Lipinski definition) is 2. The van der Waals surface area contributed by atoms with Gasteiger partial charge >= 0.3 is 5.69 Å². The lowest BCUT2D eigenvalue weighted by molar-refractivity contribution is -0.383. The van der Waals surface area contributed by atoms with E-state index in [0.29, 0.717) is 11.3 Å². The van der Waals surface area contributed by atoms with Crippen molar-refractivity contribution in [2.75, 3.05) is 32.1 Å². The lowest BCUT2D eigenvalue weighted by Gasteiger charge is -2.32. The van der Waals surface area contributed by atoms with Crippen LogP contribution in [-0.2, 0) is 14.8 Å². The number of nitrogen functional groups attached to an aromatic ring is 1. The molecule has 20 heavy (non-hydrogen) atoms. The Morgan fingerprint density at radius 1 is 1.65 bits per heavy atom. The fraction of sp³-hybridized carbons (Fsp3) is 0.556. The smallest absolute Gasteiger partial charge is 0.304 e. The molecule has 0 bridgehead atoms. The van der Waals surface area contributed by atoms with Crippen LogP contribution < -0.4 is 5.73 Å². The minimum Gasteiger partial charge on any atom is -0.395 e. The third kappa shape index (κ3) is 2.62. The first-order valence-electron chi connectivity index (χ1n) is 5.62. The van der Waals surface area contributed by atoms with Gasteiger partial charge in [-0.3, -0.25) is 10.1 Å². The number of morpholine rings is 1. The highest BCUT2D eigenvalue weighted by molar-refractivity contribution is 7.91. The zero-order chi connectivity index (χ0) is 14.9. The number of sulfonamides is 1. The molecule has 1 aliphatic rings.